The second-order valence-corrected chi connectivity index (χ2v) is 14.2. The van der Waals surface area contributed by atoms with Crippen molar-refractivity contribution in [1.82, 2.24) is 24.8 Å². The molecule has 0 aliphatic rings. The quantitative estimate of drug-likeness (QED) is 0.0929. The van der Waals surface area contributed by atoms with Crippen LogP contribution in [0.15, 0.2) is 54.7 Å². The fraction of sp³-hybridized carbons (Fsp3) is 0.444. The molecule has 3 rings (SSSR count). The molecule has 0 spiro atoms. The number of benzene rings is 2. The van der Waals surface area contributed by atoms with E-state index in [4.69, 9.17) is 20.3 Å². The fourth-order valence-electron chi connectivity index (χ4n) is 5.42. The number of nitrogens with zero attached hydrogens (tertiary/aromatic N) is 4. The maximum atomic E-state index is 15.1. The number of carboxylic acid groups (broad SMARTS) is 1. The van der Waals surface area contributed by atoms with E-state index in [9.17, 15) is 33.5 Å². The predicted molar refractivity (Wildman–Crippen MR) is 185 cm³/mol. The van der Waals surface area contributed by atoms with Gasteiger partial charge in [0.05, 0.1) is 11.7 Å². The van der Waals surface area contributed by atoms with E-state index in [1.54, 1.807) is 31.5 Å². The third-order valence-electron chi connectivity index (χ3n) is 7.54. The summed E-state index contributed by atoms with van der Waals surface area (Å²) in [7, 11) is 0. The number of carbonyl (C=O) groups is 5. The first-order chi connectivity index (χ1) is 24.2. The number of carbonyl (C=O) groups excluding carboxylic acids is 4. The van der Waals surface area contributed by atoms with Gasteiger partial charge in [-0.25, -0.2) is 24.4 Å². The van der Waals surface area contributed by atoms with Gasteiger partial charge in [0.2, 0.25) is 0 Å². The molecule has 282 valence electrons. The molecule has 52 heavy (non-hydrogen) atoms. The van der Waals surface area contributed by atoms with E-state index in [1.807, 2.05) is 51.1 Å². The Hall–Kier alpha value is -5.38. The topological polar surface area (TPSA) is 186 Å². The number of rotatable bonds is 14. The van der Waals surface area contributed by atoms with Crippen LogP contribution in [0.4, 0.5) is 13.6 Å². The molecule has 3 aromatic rings. The first kappa shape index (κ1) is 41.0. The number of aliphatic carboxylic acids is 1. The minimum atomic E-state index is -1.48. The van der Waals surface area contributed by atoms with Crippen LogP contribution in [0.1, 0.15) is 72.3 Å². The highest BCUT2D eigenvalue weighted by Crippen LogP contribution is 2.40. The van der Waals surface area contributed by atoms with E-state index in [0.717, 1.165) is 30.7 Å². The lowest BCUT2D eigenvalue weighted by molar-refractivity contribution is -0.153. The van der Waals surface area contributed by atoms with Gasteiger partial charge in [-0.1, -0.05) is 51.1 Å². The van der Waals surface area contributed by atoms with Crippen molar-refractivity contribution in [3.8, 4) is 11.3 Å². The summed E-state index contributed by atoms with van der Waals surface area (Å²) in [6, 6.07) is 9.72. The van der Waals surface area contributed by atoms with Gasteiger partial charge in [-0.3, -0.25) is 24.2 Å². The molecular formula is C36H46F2N6O8. The number of nitrogens with two attached hydrogens (primary N) is 1. The van der Waals surface area contributed by atoms with E-state index in [2.05, 4.69) is 5.32 Å². The Balaban J connectivity index is 2.19. The maximum absolute atomic E-state index is 15.1. The molecule has 2 atom stereocenters. The van der Waals surface area contributed by atoms with Gasteiger partial charge < -0.3 is 29.4 Å². The van der Waals surface area contributed by atoms with Crippen molar-refractivity contribution in [3.05, 3.63) is 77.8 Å². The second kappa shape index (κ2) is 17.2. The standard InChI is InChI=1S/C36H46F2N6O8/c1-22(45)51-21-29(46)43(16-15-27(33(49)44(39)20-30(47)48)41-34(50)52-36(5,6)7)31(35(2,3)4)32-40-28(25-17-24(37)13-14-26(25)38)19-42(32)18-23-11-9-8-10-12-23/h8-14,17,19,27,31H,15-16,18,20-21,39H2,1-7H3,(H,41,50)(H,47,48)/t27-,31-/m0/s1. The summed E-state index contributed by atoms with van der Waals surface area (Å²) in [4.78, 5) is 69.5. The van der Waals surface area contributed by atoms with Crippen molar-refractivity contribution in [2.75, 3.05) is 19.7 Å². The Morgan fingerprint density at radius 2 is 1.67 bits per heavy atom. The SMILES string of the molecule is CC(=O)OCC(=O)N(CC[C@H](NC(=O)OC(C)(C)C)C(=O)N(N)CC(=O)O)[C@@H](c1nc(-c2cc(F)ccc2F)cn1Cc1ccccc1)C(C)(C)C. The molecule has 14 nitrogen and oxygen atoms in total. The Kier molecular flexibility index (Phi) is 13.6. The zero-order valence-electron chi connectivity index (χ0n) is 30.3. The highest BCUT2D eigenvalue weighted by Gasteiger charge is 2.40. The first-order valence-corrected chi connectivity index (χ1v) is 16.4. The highest BCUT2D eigenvalue weighted by molar-refractivity contribution is 5.88. The number of imidazole rings is 1. The summed E-state index contributed by atoms with van der Waals surface area (Å²) in [5.41, 5.74) is -1.03. The number of amides is 3. The highest BCUT2D eigenvalue weighted by atomic mass is 19.1. The zero-order valence-corrected chi connectivity index (χ0v) is 30.3. The van der Waals surface area contributed by atoms with Crippen LogP contribution in [0.25, 0.3) is 11.3 Å². The Labute approximate surface area is 300 Å². The van der Waals surface area contributed by atoms with E-state index in [0.29, 0.717) is 5.01 Å². The van der Waals surface area contributed by atoms with Crippen molar-refractivity contribution in [2.24, 2.45) is 11.3 Å². The maximum Gasteiger partial charge on any atom is 0.408 e. The number of nitrogens with one attached hydrogen (secondary N) is 1. The van der Waals surface area contributed by atoms with Crippen LogP contribution in [-0.4, -0.2) is 85.8 Å². The molecule has 0 bridgehead atoms. The van der Waals surface area contributed by atoms with E-state index in [-0.39, 0.29) is 36.6 Å². The molecular weight excluding hydrogens is 682 g/mol. The average Bonchev–Trinajstić information content (AvgIpc) is 3.42. The zero-order chi connectivity index (χ0) is 39.0. The van der Waals surface area contributed by atoms with Gasteiger partial charge >= 0.3 is 18.0 Å². The summed E-state index contributed by atoms with van der Waals surface area (Å²) in [6.07, 6.45) is 0.233. The van der Waals surface area contributed by atoms with Crippen LogP contribution in [0.3, 0.4) is 0 Å². The van der Waals surface area contributed by atoms with E-state index in [1.165, 1.54) is 4.90 Å². The smallest absolute Gasteiger partial charge is 0.408 e. The molecule has 1 heterocycles. The number of aromatic nitrogens is 2. The number of alkyl carbamates (subject to hydrolysis) is 1. The summed E-state index contributed by atoms with van der Waals surface area (Å²) in [6.45, 7) is 9.69. The molecule has 16 heteroatoms. The van der Waals surface area contributed by atoms with Gasteiger partial charge in [0.1, 0.15) is 35.6 Å². The van der Waals surface area contributed by atoms with Crippen LogP contribution < -0.4 is 11.2 Å². The van der Waals surface area contributed by atoms with Crippen LogP contribution in [-0.2, 0) is 35.2 Å². The number of hydrogen-bond donors (Lipinski definition) is 3. The first-order valence-electron chi connectivity index (χ1n) is 16.4. The minimum absolute atomic E-state index is 0.0802. The van der Waals surface area contributed by atoms with Crippen molar-refractivity contribution < 1.29 is 47.3 Å². The Morgan fingerprint density at radius 1 is 1.02 bits per heavy atom. The average molecular weight is 729 g/mol. The molecule has 0 aliphatic carbocycles. The molecule has 0 aliphatic heterocycles. The molecule has 0 radical (unpaired) electrons. The largest absolute Gasteiger partial charge is 0.480 e. The summed E-state index contributed by atoms with van der Waals surface area (Å²) >= 11 is 0. The van der Waals surface area contributed by atoms with Crippen molar-refractivity contribution in [3.63, 3.8) is 0 Å². The molecule has 0 fully saturated rings. The molecule has 0 saturated heterocycles. The Bertz CT molecular complexity index is 1750. The van der Waals surface area contributed by atoms with Gasteiger partial charge in [-0.15, -0.1) is 0 Å². The number of hydrogen-bond acceptors (Lipinski definition) is 9. The summed E-state index contributed by atoms with van der Waals surface area (Å²) in [5.74, 6) is 0.766. The van der Waals surface area contributed by atoms with Gasteiger partial charge in [0.15, 0.2) is 6.61 Å². The predicted octanol–water partition coefficient (Wildman–Crippen LogP) is 4.43. The Morgan fingerprint density at radius 3 is 2.25 bits per heavy atom. The van der Waals surface area contributed by atoms with Crippen molar-refractivity contribution in [1.29, 1.82) is 0 Å². The molecule has 4 N–H and O–H groups in total. The van der Waals surface area contributed by atoms with Crippen LogP contribution in [0, 0.1) is 17.0 Å². The monoisotopic (exact) mass is 728 g/mol. The van der Waals surface area contributed by atoms with Gasteiger partial charge in [0, 0.05) is 31.8 Å². The second-order valence-electron chi connectivity index (χ2n) is 14.2. The third-order valence-corrected chi connectivity index (χ3v) is 7.54. The molecule has 2 aromatic carbocycles. The minimum Gasteiger partial charge on any atom is -0.480 e. The van der Waals surface area contributed by atoms with E-state index < -0.39 is 77.7 Å². The van der Waals surface area contributed by atoms with Crippen LogP contribution in [0.2, 0.25) is 0 Å². The number of halogens is 2. The number of carboxylic acids is 1. The summed E-state index contributed by atoms with van der Waals surface area (Å²) < 4.78 is 41.6. The van der Waals surface area contributed by atoms with Crippen molar-refractivity contribution in [2.45, 2.75) is 79.1 Å². The molecule has 0 unspecified atom stereocenters. The number of ether oxygens (including phenoxy) is 2. The van der Waals surface area contributed by atoms with Gasteiger partial charge in [0.25, 0.3) is 11.8 Å². The molecule has 3 amide bonds. The van der Waals surface area contributed by atoms with Crippen LogP contribution in [0.5, 0.6) is 0 Å². The number of hydrazine groups is 1. The van der Waals surface area contributed by atoms with Crippen molar-refractivity contribution >= 4 is 29.8 Å². The lowest BCUT2D eigenvalue weighted by Crippen LogP contribution is -2.55. The third kappa shape index (κ3) is 11.9. The van der Waals surface area contributed by atoms with Crippen LogP contribution >= 0.6 is 0 Å². The van der Waals surface area contributed by atoms with E-state index >= 15 is 4.39 Å². The molecule has 1 aromatic heterocycles. The van der Waals surface area contributed by atoms with Gasteiger partial charge in [-0.2, -0.15) is 0 Å². The summed E-state index contributed by atoms with van der Waals surface area (Å²) in [5, 5.41) is 12.1. The fourth-order valence-corrected chi connectivity index (χ4v) is 5.42. The lowest BCUT2D eigenvalue weighted by atomic mass is 9.84. The molecule has 0 saturated carbocycles. The normalized spacial score (nSPS) is 12.7. The lowest BCUT2D eigenvalue weighted by Gasteiger charge is -2.40. The van der Waals surface area contributed by atoms with Gasteiger partial charge in [-0.05, 0) is 56.4 Å². The number of esters is 1.